The molecule has 184 valence electrons. The van der Waals surface area contributed by atoms with Gasteiger partial charge in [-0.15, -0.1) is 0 Å². The first-order valence-electron chi connectivity index (χ1n) is 12.3. The van der Waals surface area contributed by atoms with Gasteiger partial charge in [-0.2, -0.15) is 0 Å². The second kappa shape index (κ2) is 10.3. The molecule has 5 nitrogen and oxygen atoms in total. The molecule has 1 atom stereocenters. The Morgan fingerprint density at radius 2 is 1.66 bits per heavy atom. The molecule has 1 aliphatic rings. The number of ketones is 1. The molecule has 0 aliphatic carbocycles. The van der Waals surface area contributed by atoms with Gasteiger partial charge in [0.15, 0.2) is 5.78 Å². The van der Waals surface area contributed by atoms with Crippen LogP contribution in [0.3, 0.4) is 0 Å². The molecule has 35 heavy (non-hydrogen) atoms. The van der Waals surface area contributed by atoms with Crippen molar-refractivity contribution >= 4 is 35.8 Å². The van der Waals surface area contributed by atoms with Crippen LogP contribution in [-0.4, -0.2) is 33.4 Å². The fourth-order valence-electron chi connectivity index (χ4n) is 5.02. The smallest absolute Gasteiger partial charge is 0.261 e. The van der Waals surface area contributed by atoms with Gasteiger partial charge in [-0.1, -0.05) is 81.4 Å². The van der Waals surface area contributed by atoms with Crippen molar-refractivity contribution in [3.05, 3.63) is 78.4 Å². The van der Waals surface area contributed by atoms with Crippen molar-refractivity contribution in [2.24, 2.45) is 0 Å². The standard InChI is InChI=1S/C29H36N2O3Si/c1-21(32)22-18-26(30)28-27(19-22)33-20-23(31-28)12-11-17-34-35(29(2,3)4,24-13-7-5-8-14-24)25-15-9-6-10-16-25/h5-10,13-16,18-19,23,31H,11-12,17,20,30H2,1-4H3/t23-/m0/s1. The van der Waals surface area contributed by atoms with Gasteiger partial charge in [0, 0.05) is 12.2 Å². The minimum absolute atomic E-state index is 0.0225. The summed E-state index contributed by atoms with van der Waals surface area (Å²) in [4.78, 5) is 11.7. The van der Waals surface area contributed by atoms with E-state index in [1.165, 1.54) is 17.3 Å². The van der Waals surface area contributed by atoms with Gasteiger partial charge >= 0.3 is 0 Å². The zero-order valence-corrected chi connectivity index (χ0v) is 22.1. The third kappa shape index (κ3) is 5.14. The molecule has 0 bridgehead atoms. The zero-order valence-electron chi connectivity index (χ0n) is 21.1. The van der Waals surface area contributed by atoms with Crippen LogP contribution in [0.1, 0.15) is 50.9 Å². The Hall–Kier alpha value is -3.09. The number of Topliss-reactive ketones (excluding diaryl/α,β-unsaturated/α-hetero) is 1. The average molecular weight is 489 g/mol. The lowest BCUT2D eigenvalue weighted by Crippen LogP contribution is -2.66. The molecular weight excluding hydrogens is 452 g/mol. The largest absolute Gasteiger partial charge is 0.489 e. The molecule has 3 aromatic carbocycles. The topological polar surface area (TPSA) is 73.6 Å². The van der Waals surface area contributed by atoms with E-state index in [-0.39, 0.29) is 16.9 Å². The number of benzene rings is 3. The highest BCUT2D eigenvalue weighted by Gasteiger charge is 2.49. The number of anilines is 2. The quantitative estimate of drug-likeness (QED) is 0.202. The van der Waals surface area contributed by atoms with Crippen molar-refractivity contribution in [2.45, 2.75) is 51.6 Å². The van der Waals surface area contributed by atoms with Gasteiger partial charge in [0.25, 0.3) is 8.32 Å². The normalized spacial score (nSPS) is 15.6. The lowest BCUT2D eigenvalue weighted by molar-refractivity contribution is 0.101. The molecule has 1 heterocycles. The first kappa shape index (κ1) is 25.0. The van der Waals surface area contributed by atoms with Crippen LogP contribution in [0.2, 0.25) is 5.04 Å². The molecule has 0 saturated heterocycles. The summed E-state index contributed by atoms with van der Waals surface area (Å²) in [5.74, 6) is 0.626. The Bertz CT molecular complexity index is 1120. The molecule has 3 aromatic rings. The van der Waals surface area contributed by atoms with Gasteiger partial charge in [-0.25, -0.2) is 0 Å². The maximum atomic E-state index is 11.7. The van der Waals surface area contributed by atoms with Gasteiger partial charge in [0.05, 0.1) is 11.7 Å². The van der Waals surface area contributed by atoms with Crippen LogP contribution in [0.25, 0.3) is 0 Å². The summed E-state index contributed by atoms with van der Waals surface area (Å²) in [7, 11) is -2.52. The van der Waals surface area contributed by atoms with Crippen LogP contribution in [0.15, 0.2) is 72.8 Å². The minimum atomic E-state index is -2.52. The van der Waals surface area contributed by atoms with Crippen molar-refractivity contribution in [3.8, 4) is 5.75 Å². The monoisotopic (exact) mass is 488 g/mol. The summed E-state index contributed by atoms with van der Waals surface area (Å²) in [5.41, 5.74) is 8.11. The fraction of sp³-hybridized carbons (Fsp3) is 0.345. The van der Waals surface area contributed by atoms with Gasteiger partial charge in [-0.05, 0) is 47.3 Å². The highest BCUT2D eigenvalue weighted by Crippen LogP contribution is 2.38. The molecule has 0 amide bonds. The molecule has 0 radical (unpaired) electrons. The number of hydrogen-bond acceptors (Lipinski definition) is 5. The van der Waals surface area contributed by atoms with Gasteiger partial charge < -0.3 is 20.2 Å². The number of hydrogen-bond donors (Lipinski definition) is 2. The Kier molecular flexibility index (Phi) is 7.33. The average Bonchev–Trinajstić information content (AvgIpc) is 2.84. The number of nitrogens with two attached hydrogens (primary N) is 1. The van der Waals surface area contributed by atoms with E-state index in [9.17, 15) is 4.79 Å². The van der Waals surface area contributed by atoms with Crippen LogP contribution < -0.4 is 26.2 Å². The summed E-state index contributed by atoms with van der Waals surface area (Å²) in [6.07, 6.45) is 1.79. The van der Waals surface area contributed by atoms with E-state index in [1.54, 1.807) is 12.1 Å². The van der Waals surface area contributed by atoms with E-state index < -0.39 is 8.32 Å². The first-order valence-corrected chi connectivity index (χ1v) is 14.2. The molecule has 0 saturated carbocycles. The van der Waals surface area contributed by atoms with E-state index in [2.05, 4.69) is 86.8 Å². The third-order valence-corrected chi connectivity index (χ3v) is 11.8. The Morgan fingerprint density at radius 1 is 1.06 bits per heavy atom. The van der Waals surface area contributed by atoms with E-state index in [1.807, 2.05) is 0 Å². The third-order valence-electron chi connectivity index (χ3n) is 6.76. The lowest BCUT2D eigenvalue weighted by atomic mass is 10.1. The Balaban J connectivity index is 1.48. The second-order valence-corrected chi connectivity index (χ2v) is 14.6. The summed E-state index contributed by atoms with van der Waals surface area (Å²) in [6.45, 7) is 9.62. The molecule has 0 unspecified atom stereocenters. The number of carbonyl (C=O) groups is 1. The van der Waals surface area contributed by atoms with E-state index in [0.717, 1.165) is 18.5 Å². The second-order valence-electron chi connectivity index (χ2n) is 10.3. The maximum absolute atomic E-state index is 11.7. The predicted octanol–water partition coefficient (Wildman–Crippen LogP) is 5.00. The number of ether oxygens (including phenoxy) is 1. The fourth-order valence-corrected chi connectivity index (χ4v) is 9.62. The lowest BCUT2D eigenvalue weighted by Gasteiger charge is -2.43. The summed E-state index contributed by atoms with van der Waals surface area (Å²) >= 11 is 0. The maximum Gasteiger partial charge on any atom is 0.261 e. The first-order chi connectivity index (χ1) is 16.7. The SMILES string of the molecule is CC(=O)c1cc(N)c2c(c1)OC[C@H](CCCO[Si](c1ccccc1)(c1ccccc1)C(C)(C)C)N2. The van der Waals surface area contributed by atoms with Gasteiger partial charge in [0.1, 0.15) is 18.0 Å². The molecule has 6 heteroatoms. The molecule has 3 N–H and O–H groups in total. The van der Waals surface area contributed by atoms with Crippen LogP contribution in [0, 0.1) is 0 Å². The summed E-state index contributed by atoms with van der Waals surface area (Å²) in [6, 6.07) is 25.1. The molecule has 0 spiro atoms. The Morgan fingerprint density at radius 3 is 2.20 bits per heavy atom. The highest BCUT2D eigenvalue weighted by atomic mass is 28.4. The number of carbonyl (C=O) groups excluding carboxylic acids is 1. The van der Waals surface area contributed by atoms with Crippen LogP contribution in [0.5, 0.6) is 5.75 Å². The zero-order chi connectivity index (χ0) is 25.1. The predicted molar refractivity (Wildman–Crippen MR) is 147 cm³/mol. The van der Waals surface area contributed by atoms with Crippen molar-refractivity contribution in [1.29, 1.82) is 0 Å². The molecule has 0 fully saturated rings. The van der Waals surface area contributed by atoms with Crippen molar-refractivity contribution in [1.82, 2.24) is 0 Å². The molecule has 4 rings (SSSR count). The van der Waals surface area contributed by atoms with Gasteiger partial charge in [-0.3, -0.25) is 4.79 Å². The van der Waals surface area contributed by atoms with Crippen LogP contribution in [-0.2, 0) is 4.43 Å². The molecular formula is C29H36N2O3Si. The van der Waals surface area contributed by atoms with E-state index in [0.29, 0.717) is 30.2 Å². The van der Waals surface area contributed by atoms with Crippen molar-refractivity contribution in [2.75, 3.05) is 24.3 Å². The number of rotatable bonds is 8. The summed E-state index contributed by atoms with van der Waals surface area (Å²) in [5, 5.41) is 6.06. The minimum Gasteiger partial charge on any atom is -0.489 e. The van der Waals surface area contributed by atoms with E-state index >= 15 is 0 Å². The number of nitrogens with one attached hydrogen (secondary N) is 1. The summed E-state index contributed by atoms with van der Waals surface area (Å²) < 4.78 is 13.0. The highest BCUT2D eigenvalue weighted by molar-refractivity contribution is 6.99. The van der Waals surface area contributed by atoms with Gasteiger partial charge in [0.2, 0.25) is 0 Å². The molecule has 1 aliphatic heterocycles. The van der Waals surface area contributed by atoms with Crippen LogP contribution in [0.4, 0.5) is 11.4 Å². The van der Waals surface area contributed by atoms with Crippen molar-refractivity contribution in [3.63, 3.8) is 0 Å². The Labute approximate surface area is 209 Å². The van der Waals surface area contributed by atoms with Crippen molar-refractivity contribution < 1.29 is 14.0 Å². The van der Waals surface area contributed by atoms with Crippen LogP contribution >= 0.6 is 0 Å². The molecule has 0 aromatic heterocycles. The number of fused-ring (bicyclic) bond motifs is 1. The number of nitrogen functional groups attached to an aromatic ring is 1. The van der Waals surface area contributed by atoms with E-state index in [4.69, 9.17) is 14.9 Å².